The van der Waals surface area contributed by atoms with Crippen molar-refractivity contribution in [3.63, 3.8) is 0 Å². The fraction of sp³-hybridized carbons (Fsp3) is 1.00. The minimum absolute atomic E-state index is 0.376. The van der Waals surface area contributed by atoms with Crippen LogP contribution in [0.2, 0.25) is 0 Å². The number of unbranched alkanes of at least 4 members (excludes halogenated alkanes) is 1. The van der Waals surface area contributed by atoms with Crippen LogP contribution < -0.4 is 5.32 Å². The molecule has 0 aromatic heterocycles. The van der Waals surface area contributed by atoms with Gasteiger partial charge in [-0.2, -0.15) is 0 Å². The van der Waals surface area contributed by atoms with Gasteiger partial charge in [0, 0.05) is 12.1 Å². The lowest BCUT2D eigenvalue weighted by Crippen LogP contribution is -2.53. The van der Waals surface area contributed by atoms with Gasteiger partial charge in [0.15, 0.2) is 0 Å². The maximum Gasteiger partial charge on any atom is 0.0280 e. The zero-order valence-corrected chi connectivity index (χ0v) is 10.1. The molecule has 1 rings (SSSR count). The first-order chi connectivity index (χ1) is 6.66. The van der Waals surface area contributed by atoms with Gasteiger partial charge in [0.05, 0.1) is 0 Å². The van der Waals surface area contributed by atoms with Gasteiger partial charge in [0.25, 0.3) is 0 Å². The highest BCUT2D eigenvalue weighted by Crippen LogP contribution is 2.19. The van der Waals surface area contributed by atoms with Crippen LogP contribution in [0.1, 0.15) is 46.0 Å². The second kappa shape index (κ2) is 5.72. The molecule has 1 heterocycles. The highest BCUT2D eigenvalue weighted by molar-refractivity contribution is 4.88. The summed E-state index contributed by atoms with van der Waals surface area (Å²) in [6.45, 7) is 8.28. The molecule has 0 aromatic carbocycles. The molecule has 1 saturated heterocycles. The zero-order chi connectivity index (χ0) is 10.4. The number of hydrogen-bond donors (Lipinski definition) is 1. The predicted molar refractivity (Wildman–Crippen MR) is 62.7 cm³/mol. The maximum absolute atomic E-state index is 3.66. The summed E-state index contributed by atoms with van der Waals surface area (Å²) < 4.78 is 0. The lowest BCUT2D eigenvalue weighted by atomic mass is 9.90. The molecule has 1 atom stereocenters. The monoisotopic (exact) mass is 198 g/mol. The normalized spacial score (nSPS) is 28.3. The van der Waals surface area contributed by atoms with E-state index in [1.165, 1.54) is 51.7 Å². The number of rotatable bonds is 5. The first kappa shape index (κ1) is 12.0. The molecular formula is C12H26N2. The van der Waals surface area contributed by atoms with E-state index in [2.05, 4.69) is 31.1 Å². The van der Waals surface area contributed by atoms with Gasteiger partial charge in [-0.15, -0.1) is 0 Å². The quantitative estimate of drug-likeness (QED) is 0.729. The fourth-order valence-electron chi connectivity index (χ4n) is 2.36. The first-order valence-electron chi connectivity index (χ1n) is 6.10. The molecule has 0 amide bonds. The van der Waals surface area contributed by atoms with Crippen molar-refractivity contribution in [3.05, 3.63) is 0 Å². The Morgan fingerprint density at radius 1 is 1.36 bits per heavy atom. The molecule has 0 aromatic rings. The minimum Gasteiger partial charge on any atom is -0.310 e. The van der Waals surface area contributed by atoms with E-state index in [1.54, 1.807) is 0 Å². The Morgan fingerprint density at radius 3 is 2.71 bits per heavy atom. The standard InChI is InChI=1S/C12H26N2/c1-4-5-10-14(3)11-12(2)8-6-7-9-13-12/h13H,4-11H2,1-3H3. The van der Waals surface area contributed by atoms with Crippen molar-refractivity contribution in [2.24, 2.45) is 0 Å². The van der Waals surface area contributed by atoms with E-state index >= 15 is 0 Å². The Hall–Kier alpha value is -0.0800. The van der Waals surface area contributed by atoms with Crippen molar-refractivity contribution in [3.8, 4) is 0 Å². The molecule has 1 aliphatic heterocycles. The topological polar surface area (TPSA) is 15.3 Å². The highest BCUT2D eigenvalue weighted by Gasteiger charge is 2.26. The maximum atomic E-state index is 3.66. The van der Waals surface area contributed by atoms with Gasteiger partial charge in [-0.25, -0.2) is 0 Å². The summed E-state index contributed by atoms with van der Waals surface area (Å²) in [7, 11) is 2.25. The summed E-state index contributed by atoms with van der Waals surface area (Å²) in [6, 6.07) is 0. The largest absolute Gasteiger partial charge is 0.310 e. The number of piperidine rings is 1. The van der Waals surface area contributed by atoms with Crippen LogP contribution in [-0.2, 0) is 0 Å². The third-order valence-electron chi connectivity index (χ3n) is 3.22. The van der Waals surface area contributed by atoms with Gasteiger partial charge in [0.1, 0.15) is 0 Å². The first-order valence-corrected chi connectivity index (χ1v) is 6.10. The van der Waals surface area contributed by atoms with E-state index in [-0.39, 0.29) is 0 Å². The average Bonchev–Trinajstić information content (AvgIpc) is 2.15. The Bertz CT molecular complexity index is 150. The van der Waals surface area contributed by atoms with Crippen LogP contribution in [-0.4, -0.2) is 37.1 Å². The van der Waals surface area contributed by atoms with Gasteiger partial charge < -0.3 is 10.2 Å². The van der Waals surface area contributed by atoms with Crippen LogP contribution in [0, 0.1) is 0 Å². The number of likely N-dealkylation sites (N-methyl/N-ethyl adjacent to an activating group) is 1. The lowest BCUT2D eigenvalue weighted by Gasteiger charge is -2.38. The average molecular weight is 198 g/mol. The van der Waals surface area contributed by atoms with Crippen LogP contribution >= 0.6 is 0 Å². The number of nitrogens with one attached hydrogen (secondary N) is 1. The number of hydrogen-bond acceptors (Lipinski definition) is 2. The zero-order valence-electron chi connectivity index (χ0n) is 10.1. The molecule has 0 saturated carbocycles. The highest BCUT2D eigenvalue weighted by atomic mass is 15.1. The molecule has 2 nitrogen and oxygen atoms in total. The second-order valence-electron chi connectivity index (χ2n) is 5.04. The van der Waals surface area contributed by atoms with Crippen LogP contribution in [0.5, 0.6) is 0 Å². The Kier molecular flexibility index (Phi) is 4.90. The molecule has 1 N–H and O–H groups in total. The smallest absolute Gasteiger partial charge is 0.0280 e. The lowest BCUT2D eigenvalue weighted by molar-refractivity contribution is 0.186. The molecule has 0 radical (unpaired) electrons. The summed E-state index contributed by atoms with van der Waals surface area (Å²) in [4.78, 5) is 2.47. The van der Waals surface area contributed by atoms with Crippen molar-refractivity contribution in [2.75, 3.05) is 26.7 Å². The van der Waals surface area contributed by atoms with Crippen LogP contribution in [0.15, 0.2) is 0 Å². The molecular weight excluding hydrogens is 172 g/mol. The SMILES string of the molecule is CCCCN(C)CC1(C)CCCCN1. The van der Waals surface area contributed by atoms with E-state index in [4.69, 9.17) is 0 Å². The third-order valence-corrected chi connectivity index (χ3v) is 3.22. The van der Waals surface area contributed by atoms with Crippen molar-refractivity contribution in [1.29, 1.82) is 0 Å². The molecule has 84 valence electrons. The van der Waals surface area contributed by atoms with Gasteiger partial charge in [-0.05, 0) is 46.3 Å². The summed E-state index contributed by atoms with van der Waals surface area (Å²) in [5, 5.41) is 3.66. The fourth-order valence-corrected chi connectivity index (χ4v) is 2.36. The minimum atomic E-state index is 0.376. The van der Waals surface area contributed by atoms with Crippen molar-refractivity contribution < 1.29 is 0 Å². The molecule has 14 heavy (non-hydrogen) atoms. The molecule has 2 heteroatoms. The molecule has 0 spiro atoms. The summed E-state index contributed by atoms with van der Waals surface area (Å²) >= 11 is 0. The Morgan fingerprint density at radius 2 is 2.14 bits per heavy atom. The molecule has 0 aliphatic carbocycles. The summed E-state index contributed by atoms with van der Waals surface area (Å²) in [6.07, 6.45) is 6.71. The molecule has 1 fully saturated rings. The van der Waals surface area contributed by atoms with Crippen LogP contribution in [0.3, 0.4) is 0 Å². The van der Waals surface area contributed by atoms with Crippen molar-refractivity contribution >= 4 is 0 Å². The van der Waals surface area contributed by atoms with Gasteiger partial charge in [-0.1, -0.05) is 19.8 Å². The van der Waals surface area contributed by atoms with Gasteiger partial charge in [0.2, 0.25) is 0 Å². The van der Waals surface area contributed by atoms with Crippen LogP contribution in [0.4, 0.5) is 0 Å². The molecule has 1 aliphatic rings. The molecule has 1 unspecified atom stereocenters. The van der Waals surface area contributed by atoms with E-state index in [0.29, 0.717) is 5.54 Å². The Balaban J connectivity index is 2.25. The van der Waals surface area contributed by atoms with Crippen LogP contribution in [0.25, 0.3) is 0 Å². The summed E-state index contributed by atoms with van der Waals surface area (Å²) in [5.74, 6) is 0. The van der Waals surface area contributed by atoms with Gasteiger partial charge in [-0.3, -0.25) is 0 Å². The van der Waals surface area contributed by atoms with E-state index < -0.39 is 0 Å². The van der Waals surface area contributed by atoms with Crippen molar-refractivity contribution in [1.82, 2.24) is 10.2 Å². The Labute approximate surface area is 89.1 Å². The van der Waals surface area contributed by atoms with Gasteiger partial charge >= 0.3 is 0 Å². The third kappa shape index (κ3) is 3.97. The van der Waals surface area contributed by atoms with E-state index in [0.717, 1.165) is 0 Å². The molecule has 0 bridgehead atoms. The van der Waals surface area contributed by atoms with E-state index in [9.17, 15) is 0 Å². The summed E-state index contributed by atoms with van der Waals surface area (Å²) in [5.41, 5.74) is 0.376. The second-order valence-corrected chi connectivity index (χ2v) is 5.04. The number of nitrogens with zero attached hydrogens (tertiary/aromatic N) is 1. The van der Waals surface area contributed by atoms with E-state index in [1.807, 2.05) is 0 Å². The predicted octanol–water partition coefficient (Wildman–Crippen LogP) is 2.25. The van der Waals surface area contributed by atoms with Crippen molar-refractivity contribution in [2.45, 2.75) is 51.5 Å².